The van der Waals surface area contributed by atoms with Crippen molar-refractivity contribution in [2.24, 2.45) is 3.34 Å². The minimum absolute atomic E-state index is 0.0251. The zero-order valence-corrected chi connectivity index (χ0v) is 15.4. The Labute approximate surface area is 110 Å². The Morgan fingerprint density at radius 2 is 1.35 bits per heavy atom. The molecule has 0 fully saturated rings. The van der Waals surface area contributed by atoms with Crippen LogP contribution in [-0.4, -0.2) is 40.3 Å². The second-order valence-electron chi connectivity index (χ2n) is 5.84. The fourth-order valence-corrected chi connectivity index (χ4v) is 15.9. The Kier molecular flexibility index (Phi) is 4.67. The van der Waals surface area contributed by atoms with E-state index in [1.54, 1.807) is 0 Å². The molecule has 4 heteroatoms. The summed E-state index contributed by atoms with van der Waals surface area (Å²) in [5, 5.41) is 0. The summed E-state index contributed by atoms with van der Waals surface area (Å²) in [5.74, 6) is 0. The maximum atomic E-state index is 5.29. The predicted octanol–water partition coefficient (Wildman–Crippen LogP) is 2.99. The Balaban J connectivity index is 3.38. The van der Waals surface area contributed by atoms with Gasteiger partial charge in [0.2, 0.25) is 0 Å². The molecule has 0 radical (unpaired) electrons. The van der Waals surface area contributed by atoms with Crippen molar-refractivity contribution in [1.29, 1.82) is 0 Å². The Morgan fingerprint density at radius 1 is 0.941 bits per heavy atom. The first-order valence-electron chi connectivity index (χ1n) is 6.04. The molecule has 3 nitrogen and oxygen atoms in total. The van der Waals surface area contributed by atoms with E-state index in [4.69, 9.17) is 3.34 Å². The van der Waals surface area contributed by atoms with Gasteiger partial charge in [0, 0.05) is 0 Å². The fraction of sp³-hybridized carbons (Fsp3) is 0.692. The fourth-order valence-electron chi connectivity index (χ4n) is 2.23. The van der Waals surface area contributed by atoms with Gasteiger partial charge in [0.05, 0.1) is 0 Å². The number of rotatable bonds is 3. The number of nitrogens with zero attached hydrogens (tertiary/aromatic N) is 3. The Hall–Kier alpha value is -0.0597. The van der Waals surface area contributed by atoms with Crippen LogP contribution in [0, 0.1) is 0 Å². The average molecular weight is 405 g/mol. The molecule has 1 aliphatic carbocycles. The quantitative estimate of drug-likeness (QED) is 0.719. The average Bonchev–Trinajstić information content (AvgIpc) is 2.64. The van der Waals surface area contributed by atoms with Gasteiger partial charge in [0.1, 0.15) is 0 Å². The van der Waals surface area contributed by atoms with Crippen molar-refractivity contribution in [3.05, 3.63) is 24.3 Å². The summed E-state index contributed by atoms with van der Waals surface area (Å²) < 4.78 is 10.6. The van der Waals surface area contributed by atoms with Crippen LogP contribution >= 0.6 is 0 Å². The van der Waals surface area contributed by atoms with E-state index in [0.29, 0.717) is 4.14 Å². The third-order valence-corrected chi connectivity index (χ3v) is 18.5. The molecule has 1 aliphatic rings. The van der Waals surface area contributed by atoms with Crippen LogP contribution in [0.1, 0.15) is 20.8 Å². The van der Waals surface area contributed by atoms with Crippen molar-refractivity contribution >= 4 is 0 Å². The zero-order chi connectivity index (χ0) is 13.3. The van der Waals surface area contributed by atoms with Crippen LogP contribution in [0.15, 0.2) is 27.6 Å². The molecule has 0 aromatic carbocycles. The van der Waals surface area contributed by atoms with Gasteiger partial charge >= 0.3 is 110 Å². The summed E-state index contributed by atoms with van der Waals surface area (Å²) >= 11 is -2.98. The molecule has 0 aromatic rings. The van der Waals surface area contributed by atoms with Crippen molar-refractivity contribution in [3.8, 4) is 0 Å². The minimum atomic E-state index is -2.98. The first-order chi connectivity index (χ1) is 7.70. The van der Waals surface area contributed by atoms with Gasteiger partial charge in [-0.15, -0.1) is 0 Å². The molecule has 0 aromatic heterocycles. The molecular formula is C13H26N3Ta. The molecular weight excluding hydrogens is 379 g/mol. The SMILES string of the molecule is C[N](C)[Ta](=[N]C(C)(C)C)([CH]1C=CC=C1)[N](C)C. The van der Waals surface area contributed by atoms with Crippen LogP contribution in [0.25, 0.3) is 0 Å². The summed E-state index contributed by atoms with van der Waals surface area (Å²) in [6.45, 7) is 6.61. The van der Waals surface area contributed by atoms with Gasteiger partial charge in [0.25, 0.3) is 0 Å². The normalized spacial score (nSPS) is 17.5. The van der Waals surface area contributed by atoms with Crippen LogP contribution in [-0.2, 0) is 17.5 Å². The third kappa shape index (κ3) is 3.24. The molecule has 0 saturated heterocycles. The van der Waals surface area contributed by atoms with Crippen LogP contribution in [0.2, 0.25) is 4.14 Å². The van der Waals surface area contributed by atoms with Crippen molar-refractivity contribution in [2.45, 2.75) is 30.4 Å². The van der Waals surface area contributed by atoms with Gasteiger partial charge in [0.15, 0.2) is 0 Å². The number of allylic oxidation sites excluding steroid dienone is 4. The van der Waals surface area contributed by atoms with Gasteiger partial charge in [-0.05, 0) is 0 Å². The van der Waals surface area contributed by atoms with E-state index >= 15 is 0 Å². The molecule has 0 bridgehead atoms. The van der Waals surface area contributed by atoms with Gasteiger partial charge in [-0.25, -0.2) is 0 Å². The number of hydrogen-bond donors (Lipinski definition) is 0. The van der Waals surface area contributed by atoms with Crippen molar-refractivity contribution in [1.82, 2.24) is 6.61 Å². The van der Waals surface area contributed by atoms with E-state index in [1.807, 2.05) is 0 Å². The summed E-state index contributed by atoms with van der Waals surface area (Å²) in [6, 6.07) is 0. The molecule has 0 aliphatic heterocycles. The molecule has 0 unspecified atom stereocenters. The van der Waals surface area contributed by atoms with E-state index in [-0.39, 0.29) is 5.54 Å². The second kappa shape index (κ2) is 5.29. The molecule has 98 valence electrons. The van der Waals surface area contributed by atoms with Gasteiger partial charge in [-0.3, -0.25) is 0 Å². The summed E-state index contributed by atoms with van der Waals surface area (Å²) in [5.41, 5.74) is 0.0251. The zero-order valence-electron chi connectivity index (χ0n) is 12.2. The Morgan fingerprint density at radius 3 is 1.65 bits per heavy atom. The molecule has 17 heavy (non-hydrogen) atoms. The molecule has 0 spiro atoms. The van der Waals surface area contributed by atoms with E-state index in [9.17, 15) is 0 Å². The standard InChI is InChI=1S/C5H5.C4H9N.2C2H6N.Ta/c1-2-4-5-3-1;1-4(2,3)5;2*1-3-2;/h1-5H;1-3H3;2*1-2H3;/q;;2*-1;+2. The molecule has 0 heterocycles. The van der Waals surface area contributed by atoms with Gasteiger partial charge in [-0.2, -0.15) is 0 Å². The summed E-state index contributed by atoms with van der Waals surface area (Å²) in [6.07, 6.45) is 8.94. The van der Waals surface area contributed by atoms with E-state index in [0.717, 1.165) is 0 Å². The van der Waals surface area contributed by atoms with Crippen LogP contribution in [0.3, 0.4) is 0 Å². The number of hydrogen-bond acceptors (Lipinski definition) is 1. The summed E-state index contributed by atoms with van der Waals surface area (Å²) in [4.78, 5) is 0. The first-order valence-corrected chi connectivity index (χ1v) is 12.2. The topological polar surface area (TPSA) is 18.8 Å². The molecule has 0 atom stereocenters. The van der Waals surface area contributed by atoms with E-state index in [2.05, 4.69) is 79.9 Å². The maximum absolute atomic E-state index is 5.29. The first kappa shape index (κ1) is 15.0. The van der Waals surface area contributed by atoms with E-state index < -0.39 is 17.5 Å². The third-order valence-electron chi connectivity index (χ3n) is 2.75. The molecule has 0 saturated carbocycles. The van der Waals surface area contributed by atoms with Gasteiger partial charge in [-0.1, -0.05) is 0 Å². The second-order valence-corrected chi connectivity index (χ2v) is 18.9. The summed E-state index contributed by atoms with van der Waals surface area (Å²) in [7, 11) is 8.75. The van der Waals surface area contributed by atoms with Crippen molar-refractivity contribution < 1.29 is 17.5 Å². The monoisotopic (exact) mass is 405 g/mol. The van der Waals surface area contributed by atoms with Gasteiger partial charge < -0.3 is 0 Å². The van der Waals surface area contributed by atoms with Crippen molar-refractivity contribution in [3.63, 3.8) is 0 Å². The Bertz CT molecular complexity index is 349. The predicted molar refractivity (Wildman–Crippen MR) is 71.6 cm³/mol. The van der Waals surface area contributed by atoms with Crippen molar-refractivity contribution in [2.75, 3.05) is 28.2 Å². The van der Waals surface area contributed by atoms with Crippen LogP contribution < -0.4 is 0 Å². The molecule has 0 amide bonds. The van der Waals surface area contributed by atoms with E-state index in [1.165, 1.54) is 0 Å². The molecule has 0 N–H and O–H groups in total. The molecule has 1 rings (SSSR count). The van der Waals surface area contributed by atoms with Crippen LogP contribution in [0.4, 0.5) is 0 Å². The van der Waals surface area contributed by atoms with Crippen LogP contribution in [0.5, 0.6) is 0 Å².